The van der Waals surface area contributed by atoms with E-state index in [1.807, 2.05) is 55.5 Å². The maximum Gasteiger partial charge on any atom is 0.264 e. The number of nitrogens with one attached hydrogen (secondary N) is 1. The topological polar surface area (TPSA) is 85.8 Å². The fraction of sp³-hybridized carbons (Fsp3) is 0.0952. The first-order valence-corrected chi connectivity index (χ1v) is 9.66. The first-order valence-electron chi connectivity index (χ1n) is 8.90. The summed E-state index contributed by atoms with van der Waals surface area (Å²) in [7, 11) is 0. The summed E-state index contributed by atoms with van der Waals surface area (Å²) < 4.78 is 1.65. The van der Waals surface area contributed by atoms with Crippen LogP contribution in [0.1, 0.15) is 18.7 Å². The highest BCUT2D eigenvalue weighted by Crippen LogP contribution is 2.27. The van der Waals surface area contributed by atoms with Crippen LogP contribution in [0.5, 0.6) is 0 Å². The Labute approximate surface area is 176 Å². The third kappa shape index (κ3) is 3.77. The van der Waals surface area contributed by atoms with Gasteiger partial charge in [0, 0.05) is 17.4 Å². The van der Waals surface area contributed by atoms with Crippen molar-refractivity contribution in [1.82, 2.24) is 14.5 Å². The molecule has 29 heavy (non-hydrogen) atoms. The van der Waals surface area contributed by atoms with Gasteiger partial charge in [-0.15, -0.1) is 0 Å². The first-order chi connectivity index (χ1) is 13.9. The van der Waals surface area contributed by atoms with E-state index in [1.165, 1.54) is 0 Å². The van der Waals surface area contributed by atoms with E-state index in [0.717, 1.165) is 16.8 Å². The van der Waals surface area contributed by atoms with Gasteiger partial charge in [0.15, 0.2) is 0 Å². The number of rotatable bonds is 4. The molecule has 146 valence electrons. The quantitative estimate of drug-likeness (QED) is 0.456. The zero-order chi connectivity index (χ0) is 20.5. The second kappa shape index (κ2) is 7.73. The van der Waals surface area contributed by atoms with Crippen molar-refractivity contribution in [2.24, 2.45) is 0 Å². The summed E-state index contributed by atoms with van der Waals surface area (Å²) in [5, 5.41) is 4.95. The van der Waals surface area contributed by atoms with Gasteiger partial charge in [0.25, 0.3) is 5.56 Å². The number of nitrogens with two attached hydrogens (primary N) is 1. The molecule has 0 aliphatic rings. The van der Waals surface area contributed by atoms with E-state index in [1.54, 1.807) is 16.7 Å². The Morgan fingerprint density at radius 2 is 1.79 bits per heavy atom. The summed E-state index contributed by atoms with van der Waals surface area (Å²) in [6.07, 6.45) is 0. The number of para-hydroxylation sites is 1. The molecule has 0 saturated heterocycles. The highest BCUT2D eigenvalue weighted by atomic mass is 35.5. The molecule has 0 aliphatic heterocycles. The van der Waals surface area contributed by atoms with Gasteiger partial charge in [-0.25, -0.2) is 9.97 Å². The Kier molecular flexibility index (Phi) is 5.13. The van der Waals surface area contributed by atoms with E-state index >= 15 is 0 Å². The summed E-state index contributed by atoms with van der Waals surface area (Å²) in [6.45, 7) is 1.93. The van der Waals surface area contributed by atoms with E-state index < -0.39 is 0 Å². The minimum absolute atomic E-state index is 0.0467. The average Bonchev–Trinajstić information content (AvgIpc) is 2.67. The number of nitrogen functional groups attached to an aromatic ring is 1. The maximum atomic E-state index is 13.4. The molecule has 1 unspecified atom stereocenters. The lowest BCUT2D eigenvalue weighted by molar-refractivity contribution is 0.773. The minimum atomic E-state index is -0.295. The van der Waals surface area contributed by atoms with Gasteiger partial charge >= 0.3 is 0 Å². The lowest BCUT2D eigenvalue weighted by Gasteiger charge is -2.21. The highest BCUT2D eigenvalue weighted by molar-refractivity contribution is 6.35. The van der Waals surface area contributed by atoms with Gasteiger partial charge in [-0.2, -0.15) is 0 Å². The third-order valence-electron chi connectivity index (χ3n) is 4.57. The van der Waals surface area contributed by atoms with Crippen LogP contribution < -0.4 is 16.6 Å². The van der Waals surface area contributed by atoms with Gasteiger partial charge in [0.1, 0.15) is 11.6 Å². The van der Waals surface area contributed by atoms with Crippen molar-refractivity contribution >= 4 is 45.6 Å². The molecule has 4 rings (SSSR count). The van der Waals surface area contributed by atoms with Crippen molar-refractivity contribution in [2.45, 2.75) is 13.0 Å². The van der Waals surface area contributed by atoms with Crippen molar-refractivity contribution in [3.05, 3.63) is 87.0 Å². The first kappa shape index (κ1) is 19.2. The van der Waals surface area contributed by atoms with Gasteiger partial charge < -0.3 is 11.1 Å². The van der Waals surface area contributed by atoms with Crippen LogP contribution in [-0.4, -0.2) is 14.5 Å². The van der Waals surface area contributed by atoms with E-state index in [0.29, 0.717) is 16.2 Å². The summed E-state index contributed by atoms with van der Waals surface area (Å²) in [4.78, 5) is 21.4. The molecule has 0 aliphatic carbocycles. The van der Waals surface area contributed by atoms with Crippen molar-refractivity contribution in [2.75, 3.05) is 11.1 Å². The zero-order valence-electron chi connectivity index (χ0n) is 15.4. The van der Waals surface area contributed by atoms with Gasteiger partial charge in [0.2, 0.25) is 5.28 Å². The van der Waals surface area contributed by atoms with Crippen LogP contribution in [-0.2, 0) is 0 Å². The Morgan fingerprint density at radius 3 is 2.52 bits per heavy atom. The SMILES string of the molecule is CC(Nc1cc(N)nc(Cl)n1)c1cc2cccc(Cl)c2c(=O)n1-c1ccccc1. The van der Waals surface area contributed by atoms with E-state index in [9.17, 15) is 4.79 Å². The average molecular weight is 426 g/mol. The maximum absolute atomic E-state index is 13.4. The molecular formula is C21H17Cl2N5O. The Morgan fingerprint density at radius 1 is 1.03 bits per heavy atom. The normalized spacial score (nSPS) is 12.1. The molecule has 0 bridgehead atoms. The van der Waals surface area contributed by atoms with Crippen molar-refractivity contribution < 1.29 is 0 Å². The van der Waals surface area contributed by atoms with Gasteiger partial charge in [-0.1, -0.05) is 41.9 Å². The second-order valence-electron chi connectivity index (χ2n) is 6.56. The number of halogens is 2. The fourth-order valence-electron chi connectivity index (χ4n) is 3.31. The zero-order valence-corrected chi connectivity index (χ0v) is 16.9. The summed E-state index contributed by atoms with van der Waals surface area (Å²) in [6, 6.07) is 18.1. The number of anilines is 2. The molecule has 8 heteroatoms. The Balaban J connectivity index is 1.91. The molecule has 1 atom stereocenters. The molecule has 3 N–H and O–H groups in total. The second-order valence-corrected chi connectivity index (χ2v) is 7.31. The standard InChI is InChI=1S/C21H17Cl2N5O/c1-12(25-18-11-17(24)26-21(23)27-18)16-10-13-6-5-9-15(22)19(13)20(29)28(16)14-7-3-2-4-8-14/h2-12H,1H3,(H3,24,25,26,27). The van der Waals surface area contributed by atoms with Crippen molar-refractivity contribution in [3.63, 3.8) is 0 Å². The molecule has 0 radical (unpaired) electrons. The number of nitrogens with zero attached hydrogens (tertiary/aromatic N) is 3. The number of aromatic nitrogens is 3. The van der Waals surface area contributed by atoms with Crippen LogP contribution in [0.4, 0.5) is 11.6 Å². The molecule has 4 aromatic rings. The molecule has 0 spiro atoms. The highest BCUT2D eigenvalue weighted by Gasteiger charge is 2.18. The molecule has 0 amide bonds. The predicted molar refractivity (Wildman–Crippen MR) is 118 cm³/mol. The Hall–Kier alpha value is -3.09. The van der Waals surface area contributed by atoms with Crippen LogP contribution in [0, 0.1) is 0 Å². The number of fused-ring (bicyclic) bond motifs is 1. The van der Waals surface area contributed by atoms with Crippen molar-refractivity contribution in [1.29, 1.82) is 0 Å². The van der Waals surface area contributed by atoms with Crippen LogP contribution in [0.25, 0.3) is 16.5 Å². The van der Waals surface area contributed by atoms with Crippen LogP contribution >= 0.6 is 23.2 Å². The van der Waals surface area contributed by atoms with Gasteiger partial charge in [-0.3, -0.25) is 9.36 Å². The molecule has 0 fully saturated rings. The lowest BCUT2D eigenvalue weighted by atomic mass is 10.1. The summed E-state index contributed by atoms with van der Waals surface area (Å²) in [5.41, 5.74) is 7.05. The molecule has 0 saturated carbocycles. The summed E-state index contributed by atoms with van der Waals surface area (Å²) in [5.74, 6) is 0.721. The molecule has 2 heterocycles. The van der Waals surface area contributed by atoms with Crippen LogP contribution in [0.2, 0.25) is 10.3 Å². The van der Waals surface area contributed by atoms with Gasteiger partial charge in [-0.05, 0) is 48.2 Å². The smallest absolute Gasteiger partial charge is 0.264 e. The fourth-order valence-corrected chi connectivity index (χ4v) is 3.76. The number of pyridine rings is 1. The predicted octanol–water partition coefficient (Wildman–Crippen LogP) is 4.84. The summed E-state index contributed by atoms with van der Waals surface area (Å²) >= 11 is 12.3. The third-order valence-corrected chi connectivity index (χ3v) is 5.05. The minimum Gasteiger partial charge on any atom is -0.383 e. The van der Waals surface area contributed by atoms with E-state index in [4.69, 9.17) is 28.9 Å². The molecule has 2 aromatic heterocycles. The number of hydrogen-bond acceptors (Lipinski definition) is 5. The van der Waals surface area contributed by atoms with Crippen molar-refractivity contribution in [3.8, 4) is 5.69 Å². The van der Waals surface area contributed by atoms with E-state index in [-0.39, 0.29) is 22.7 Å². The van der Waals surface area contributed by atoms with E-state index in [2.05, 4.69) is 15.3 Å². The lowest BCUT2D eigenvalue weighted by Crippen LogP contribution is -2.25. The largest absolute Gasteiger partial charge is 0.383 e. The molecule has 2 aromatic carbocycles. The number of benzene rings is 2. The molecular weight excluding hydrogens is 409 g/mol. The number of hydrogen-bond donors (Lipinski definition) is 2. The van der Waals surface area contributed by atoms with Crippen LogP contribution in [0.15, 0.2) is 65.5 Å². The molecule has 6 nitrogen and oxygen atoms in total. The van der Waals surface area contributed by atoms with Gasteiger partial charge in [0.05, 0.1) is 16.5 Å². The monoisotopic (exact) mass is 425 g/mol. The Bertz CT molecular complexity index is 1240. The van der Waals surface area contributed by atoms with Crippen LogP contribution in [0.3, 0.4) is 0 Å².